The highest BCUT2D eigenvalue weighted by molar-refractivity contribution is 6.30. The van der Waals surface area contributed by atoms with E-state index >= 15 is 0 Å². The maximum Gasteiger partial charge on any atom is 0.153 e. The van der Waals surface area contributed by atoms with E-state index in [9.17, 15) is 8.78 Å². The lowest BCUT2D eigenvalue weighted by molar-refractivity contribution is 0.474. The van der Waals surface area contributed by atoms with Gasteiger partial charge in [-0.3, -0.25) is 0 Å². The summed E-state index contributed by atoms with van der Waals surface area (Å²) in [4.78, 5) is 0. The molecule has 0 aromatic heterocycles. The van der Waals surface area contributed by atoms with Gasteiger partial charge in [-0.15, -0.1) is 0 Å². The van der Waals surface area contributed by atoms with Crippen LogP contribution in [0.25, 0.3) is 0 Å². The van der Waals surface area contributed by atoms with Crippen LogP contribution in [0.5, 0.6) is 11.5 Å². The van der Waals surface area contributed by atoms with Crippen molar-refractivity contribution in [3.8, 4) is 11.5 Å². The van der Waals surface area contributed by atoms with E-state index in [0.29, 0.717) is 0 Å². The minimum atomic E-state index is -0.612. The molecular weight excluding hydrogens is 248 g/mol. The van der Waals surface area contributed by atoms with Gasteiger partial charge in [0.05, 0.1) is 10.7 Å². The molecule has 0 bridgehead atoms. The largest absolute Gasteiger partial charge is 0.455 e. The zero-order valence-corrected chi connectivity index (χ0v) is 9.34. The molecule has 17 heavy (non-hydrogen) atoms. The molecular formula is C12H8ClF2NO. The lowest BCUT2D eigenvalue weighted by Gasteiger charge is -2.08. The van der Waals surface area contributed by atoms with Crippen LogP contribution in [0, 0.1) is 11.6 Å². The molecule has 0 radical (unpaired) electrons. The molecule has 0 fully saturated rings. The number of ether oxygens (including phenoxy) is 1. The molecule has 2 N–H and O–H groups in total. The lowest BCUT2D eigenvalue weighted by Crippen LogP contribution is -1.93. The van der Waals surface area contributed by atoms with Crippen molar-refractivity contribution < 1.29 is 13.5 Å². The van der Waals surface area contributed by atoms with Gasteiger partial charge in [0, 0.05) is 12.1 Å². The van der Waals surface area contributed by atoms with Crippen molar-refractivity contribution >= 4 is 17.3 Å². The molecule has 0 heterocycles. The van der Waals surface area contributed by atoms with Gasteiger partial charge < -0.3 is 10.5 Å². The summed E-state index contributed by atoms with van der Waals surface area (Å²) >= 11 is 5.52. The Balaban J connectivity index is 2.31. The van der Waals surface area contributed by atoms with Crippen LogP contribution in [-0.4, -0.2) is 0 Å². The SMILES string of the molecule is Nc1ccc(F)cc1Oc1ccc(Cl)c(F)c1. The first-order chi connectivity index (χ1) is 8.06. The van der Waals surface area contributed by atoms with Crippen molar-refractivity contribution in [3.05, 3.63) is 53.1 Å². The fraction of sp³-hybridized carbons (Fsp3) is 0. The van der Waals surface area contributed by atoms with Crippen LogP contribution >= 0.6 is 11.6 Å². The highest BCUT2D eigenvalue weighted by Crippen LogP contribution is 2.29. The molecule has 2 aromatic carbocycles. The second kappa shape index (κ2) is 4.59. The standard InChI is InChI=1S/C12H8ClF2NO/c13-9-3-2-8(6-10(9)15)17-12-5-7(14)1-4-11(12)16/h1-6H,16H2. The predicted octanol–water partition coefficient (Wildman–Crippen LogP) is 3.99. The second-order valence-electron chi connectivity index (χ2n) is 3.36. The highest BCUT2D eigenvalue weighted by atomic mass is 35.5. The van der Waals surface area contributed by atoms with Crippen LogP contribution in [-0.2, 0) is 0 Å². The highest BCUT2D eigenvalue weighted by Gasteiger charge is 2.06. The van der Waals surface area contributed by atoms with E-state index in [1.54, 1.807) is 0 Å². The fourth-order valence-electron chi connectivity index (χ4n) is 1.26. The molecule has 0 saturated carbocycles. The molecule has 5 heteroatoms. The molecule has 2 aromatic rings. The monoisotopic (exact) mass is 255 g/mol. The van der Waals surface area contributed by atoms with Gasteiger partial charge in [-0.1, -0.05) is 11.6 Å². The molecule has 0 aliphatic carbocycles. The van der Waals surface area contributed by atoms with E-state index in [0.717, 1.165) is 12.1 Å². The Morgan fingerprint density at radius 1 is 1.06 bits per heavy atom. The first-order valence-electron chi connectivity index (χ1n) is 4.74. The Bertz CT molecular complexity index is 560. The summed E-state index contributed by atoms with van der Waals surface area (Å²) in [6.45, 7) is 0. The van der Waals surface area contributed by atoms with Crippen molar-refractivity contribution in [3.63, 3.8) is 0 Å². The quantitative estimate of drug-likeness (QED) is 0.824. The minimum Gasteiger partial charge on any atom is -0.455 e. The number of anilines is 1. The Kier molecular flexibility index (Phi) is 3.15. The zero-order valence-electron chi connectivity index (χ0n) is 8.58. The minimum absolute atomic E-state index is 0.00966. The number of nitrogen functional groups attached to an aromatic ring is 1. The first-order valence-corrected chi connectivity index (χ1v) is 5.12. The number of hydrogen-bond donors (Lipinski definition) is 1. The maximum absolute atomic E-state index is 13.1. The molecule has 0 saturated heterocycles. The summed E-state index contributed by atoms with van der Waals surface area (Å²) in [6.07, 6.45) is 0. The van der Waals surface area contributed by atoms with Crippen LogP contribution < -0.4 is 10.5 Å². The van der Waals surface area contributed by atoms with Crippen LogP contribution in [0.15, 0.2) is 36.4 Å². The van der Waals surface area contributed by atoms with Gasteiger partial charge in [0.25, 0.3) is 0 Å². The summed E-state index contributed by atoms with van der Waals surface area (Å²) in [5, 5.41) is -0.00966. The number of benzene rings is 2. The summed E-state index contributed by atoms with van der Waals surface area (Å²) in [7, 11) is 0. The third kappa shape index (κ3) is 2.65. The Hall–Kier alpha value is -1.81. The molecule has 2 rings (SSSR count). The third-order valence-electron chi connectivity index (χ3n) is 2.09. The van der Waals surface area contributed by atoms with Crippen molar-refractivity contribution in [1.82, 2.24) is 0 Å². The Morgan fingerprint density at radius 3 is 2.53 bits per heavy atom. The number of hydrogen-bond acceptors (Lipinski definition) is 2. The van der Waals surface area contributed by atoms with Crippen molar-refractivity contribution in [2.24, 2.45) is 0 Å². The average molecular weight is 256 g/mol. The van der Waals surface area contributed by atoms with Crippen LogP contribution in [0.4, 0.5) is 14.5 Å². The van der Waals surface area contributed by atoms with Crippen LogP contribution in [0.3, 0.4) is 0 Å². The van der Waals surface area contributed by atoms with Crippen molar-refractivity contribution in [2.75, 3.05) is 5.73 Å². The topological polar surface area (TPSA) is 35.2 Å². The van der Waals surface area contributed by atoms with E-state index in [-0.39, 0.29) is 22.2 Å². The predicted molar refractivity (Wildman–Crippen MR) is 62.3 cm³/mol. The molecule has 0 unspecified atom stereocenters. The summed E-state index contributed by atoms with van der Waals surface area (Å²) in [5.74, 6) is -0.765. The van der Waals surface area contributed by atoms with Crippen molar-refractivity contribution in [1.29, 1.82) is 0 Å². The van der Waals surface area contributed by atoms with Gasteiger partial charge >= 0.3 is 0 Å². The summed E-state index contributed by atoms with van der Waals surface area (Å²) in [5.41, 5.74) is 5.86. The molecule has 0 spiro atoms. The second-order valence-corrected chi connectivity index (χ2v) is 3.77. The number of halogens is 3. The Labute approximate surface area is 102 Å². The van der Waals surface area contributed by atoms with Crippen molar-refractivity contribution in [2.45, 2.75) is 0 Å². The van der Waals surface area contributed by atoms with Gasteiger partial charge in [0.2, 0.25) is 0 Å². The third-order valence-corrected chi connectivity index (χ3v) is 2.40. The van der Waals surface area contributed by atoms with E-state index < -0.39 is 11.6 Å². The van der Waals surface area contributed by atoms with Gasteiger partial charge in [0.15, 0.2) is 5.75 Å². The van der Waals surface area contributed by atoms with Gasteiger partial charge in [-0.2, -0.15) is 0 Å². The normalized spacial score (nSPS) is 10.3. The van der Waals surface area contributed by atoms with Crippen LogP contribution in [0.2, 0.25) is 5.02 Å². The van der Waals surface area contributed by atoms with Gasteiger partial charge in [-0.25, -0.2) is 8.78 Å². The summed E-state index contributed by atoms with van der Waals surface area (Å²) in [6, 6.07) is 7.63. The fourth-order valence-corrected chi connectivity index (χ4v) is 1.38. The van der Waals surface area contributed by atoms with E-state index in [4.69, 9.17) is 22.1 Å². The molecule has 88 valence electrons. The van der Waals surface area contributed by atoms with Gasteiger partial charge in [-0.05, 0) is 24.3 Å². The van der Waals surface area contributed by atoms with E-state index in [1.807, 2.05) is 0 Å². The smallest absolute Gasteiger partial charge is 0.153 e. The maximum atomic E-state index is 13.1. The molecule has 2 nitrogen and oxygen atoms in total. The molecule has 0 amide bonds. The molecule has 0 atom stereocenters. The van der Waals surface area contributed by atoms with Crippen LogP contribution in [0.1, 0.15) is 0 Å². The molecule has 0 aliphatic rings. The van der Waals surface area contributed by atoms with E-state index in [2.05, 4.69) is 0 Å². The number of rotatable bonds is 2. The zero-order chi connectivity index (χ0) is 12.4. The Morgan fingerprint density at radius 2 is 1.82 bits per heavy atom. The van der Waals surface area contributed by atoms with E-state index in [1.165, 1.54) is 24.3 Å². The summed E-state index contributed by atoms with van der Waals surface area (Å²) < 4.78 is 31.4. The lowest BCUT2D eigenvalue weighted by atomic mass is 10.3. The first kappa shape index (κ1) is 11.7. The van der Waals surface area contributed by atoms with Gasteiger partial charge in [0.1, 0.15) is 17.4 Å². The average Bonchev–Trinajstić information content (AvgIpc) is 2.29. The molecule has 0 aliphatic heterocycles. The number of nitrogens with two attached hydrogens (primary N) is 1.